The SMILES string of the molecule is CCc1ccc(C(=O)N2CCN(C(=O)CCOc3ccc(Cl)cc3)CC2)cc1. The minimum absolute atomic E-state index is 0.0285. The summed E-state index contributed by atoms with van der Waals surface area (Å²) in [6.07, 6.45) is 1.27. The van der Waals surface area contributed by atoms with Crippen LogP contribution in [0.2, 0.25) is 5.02 Å². The van der Waals surface area contributed by atoms with E-state index in [2.05, 4.69) is 6.92 Å². The highest BCUT2D eigenvalue weighted by Crippen LogP contribution is 2.16. The summed E-state index contributed by atoms with van der Waals surface area (Å²) in [5.41, 5.74) is 1.92. The van der Waals surface area contributed by atoms with E-state index in [0.29, 0.717) is 55.5 Å². The van der Waals surface area contributed by atoms with Gasteiger partial charge in [-0.05, 0) is 48.4 Å². The minimum Gasteiger partial charge on any atom is -0.493 e. The van der Waals surface area contributed by atoms with Crippen molar-refractivity contribution in [2.45, 2.75) is 19.8 Å². The number of aryl methyl sites for hydroxylation is 1. The molecule has 0 aromatic heterocycles. The molecule has 2 aromatic rings. The van der Waals surface area contributed by atoms with E-state index in [1.54, 1.807) is 29.2 Å². The van der Waals surface area contributed by atoms with Gasteiger partial charge >= 0.3 is 0 Å². The molecule has 148 valence electrons. The van der Waals surface area contributed by atoms with E-state index in [4.69, 9.17) is 16.3 Å². The number of piperazine rings is 1. The number of rotatable bonds is 6. The maximum Gasteiger partial charge on any atom is 0.253 e. The van der Waals surface area contributed by atoms with Crippen LogP contribution in [-0.2, 0) is 11.2 Å². The number of benzene rings is 2. The summed E-state index contributed by atoms with van der Waals surface area (Å²) < 4.78 is 5.59. The Morgan fingerprint density at radius 2 is 1.54 bits per heavy atom. The molecular weight excluding hydrogens is 376 g/mol. The third-order valence-corrected chi connectivity index (χ3v) is 5.18. The van der Waals surface area contributed by atoms with Crippen LogP contribution in [0, 0.1) is 0 Å². The van der Waals surface area contributed by atoms with E-state index in [9.17, 15) is 9.59 Å². The van der Waals surface area contributed by atoms with E-state index < -0.39 is 0 Å². The van der Waals surface area contributed by atoms with Crippen LogP contribution in [0.1, 0.15) is 29.3 Å². The zero-order valence-electron chi connectivity index (χ0n) is 16.1. The van der Waals surface area contributed by atoms with Crippen molar-refractivity contribution < 1.29 is 14.3 Å². The van der Waals surface area contributed by atoms with Crippen molar-refractivity contribution in [1.29, 1.82) is 0 Å². The summed E-state index contributed by atoms with van der Waals surface area (Å²) in [7, 11) is 0. The van der Waals surface area contributed by atoms with Crippen LogP contribution < -0.4 is 4.74 Å². The molecule has 0 aliphatic carbocycles. The van der Waals surface area contributed by atoms with Crippen LogP contribution in [0.3, 0.4) is 0 Å². The van der Waals surface area contributed by atoms with E-state index in [1.165, 1.54) is 5.56 Å². The average Bonchev–Trinajstić information content (AvgIpc) is 2.74. The monoisotopic (exact) mass is 400 g/mol. The predicted molar refractivity (Wildman–Crippen MR) is 110 cm³/mol. The van der Waals surface area contributed by atoms with Gasteiger partial charge in [-0.3, -0.25) is 9.59 Å². The Kier molecular flexibility index (Phi) is 6.93. The summed E-state index contributed by atoms with van der Waals surface area (Å²) in [6.45, 7) is 4.63. The fraction of sp³-hybridized carbons (Fsp3) is 0.364. The molecule has 0 N–H and O–H groups in total. The average molecular weight is 401 g/mol. The van der Waals surface area contributed by atoms with E-state index in [0.717, 1.165) is 6.42 Å². The number of hydrogen-bond acceptors (Lipinski definition) is 3. The van der Waals surface area contributed by atoms with Crippen molar-refractivity contribution in [1.82, 2.24) is 9.80 Å². The molecule has 1 heterocycles. The van der Waals surface area contributed by atoms with Crippen molar-refractivity contribution in [2.24, 2.45) is 0 Å². The number of carbonyl (C=O) groups is 2. The van der Waals surface area contributed by atoms with Gasteiger partial charge < -0.3 is 14.5 Å². The first-order valence-corrected chi connectivity index (χ1v) is 9.99. The van der Waals surface area contributed by atoms with Crippen molar-refractivity contribution >= 4 is 23.4 Å². The van der Waals surface area contributed by atoms with Gasteiger partial charge in [-0.1, -0.05) is 30.7 Å². The summed E-state index contributed by atoms with van der Waals surface area (Å²) in [5, 5.41) is 0.650. The molecule has 1 fully saturated rings. The topological polar surface area (TPSA) is 49.9 Å². The minimum atomic E-state index is 0.0285. The number of ether oxygens (including phenoxy) is 1. The lowest BCUT2D eigenvalue weighted by atomic mass is 10.1. The molecule has 3 rings (SSSR count). The molecule has 0 unspecified atom stereocenters. The Hall–Kier alpha value is -2.53. The first-order valence-electron chi connectivity index (χ1n) is 9.61. The van der Waals surface area contributed by atoms with Gasteiger partial charge in [-0.25, -0.2) is 0 Å². The quantitative estimate of drug-likeness (QED) is 0.743. The van der Waals surface area contributed by atoms with Crippen LogP contribution >= 0.6 is 11.6 Å². The highest BCUT2D eigenvalue weighted by atomic mass is 35.5. The smallest absolute Gasteiger partial charge is 0.253 e. The summed E-state index contributed by atoms with van der Waals surface area (Å²) in [5.74, 6) is 0.774. The highest BCUT2D eigenvalue weighted by Gasteiger charge is 2.24. The van der Waals surface area contributed by atoms with Crippen molar-refractivity contribution in [2.75, 3.05) is 32.8 Å². The van der Waals surface area contributed by atoms with Crippen molar-refractivity contribution in [3.63, 3.8) is 0 Å². The van der Waals surface area contributed by atoms with Crippen LogP contribution in [0.5, 0.6) is 5.75 Å². The number of halogens is 1. The van der Waals surface area contributed by atoms with Crippen LogP contribution in [0.4, 0.5) is 0 Å². The standard InChI is InChI=1S/C22H25ClN2O3/c1-2-17-3-5-18(6-4-17)22(27)25-14-12-24(13-15-25)21(26)11-16-28-20-9-7-19(23)8-10-20/h3-10H,2,11-16H2,1H3. The Morgan fingerprint density at radius 3 is 2.14 bits per heavy atom. The van der Waals surface area contributed by atoms with Gasteiger partial charge in [-0.15, -0.1) is 0 Å². The zero-order valence-corrected chi connectivity index (χ0v) is 16.8. The molecule has 0 atom stereocenters. The Labute approximate surface area is 170 Å². The molecule has 0 saturated carbocycles. The van der Waals surface area contributed by atoms with Gasteiger partial charge in [0.1, 0.15) is 5.75 Å². The fourth-order valence-electron chi connectivity index (χ4n) is 3.17. The van der Waals surface area contributed by atoms with E-state index in [1.807, 2.05) is 29.2 Å². The van der Waals surface area contributed by atoms with Gasteiger partial charge in [0.15, 0.2) is 0 Å². The van der Waals surface area contributed by atoms with Gasteiger partial charge in [0.05, 0.1) is 13.0 Å². The first-order chi connectivity index (χ1) is 13.6. The first kappa shape index (κ1) is 20.2. The Bertz CT molecular complexity index is 798. The molecule has 1 aliphatic rings. The largest absolute Gasteiger partial charge is 0.493 e. The van der Waals surface area contributed by atoms with Crippen molar-refractivity contribution in [3.8, 4) is 5.75 Å². The van der Waals surface area contributed by atoms with Gasteiger partial charge in [0, 0.05) is 36.8 Å². The zero-order chi connectivity index (χ0) is 19.9. The molecule has 2 aromatic carbocycles. The Balaban J connectivity index is 1.43. The molecular formula is C22H25ClN2O3. The third kappa shape index (κ3) is 5.26. The second-order valence-corrected chi connectivity index (χ2v) is 7.21. The number of hydrogen-bond donors (Lipinski definition) is 0. The lowest BCUT2D eigenvalue weighted by molar-refractivity contribution is -0.133. The van der Waals surface area contributed by atoms with E-state index >= 15 is 0 Å². The fourth-order valence-corrected chi connectivity index (χ4v) is 3.30. The summed E-state index contributed by atoms with van der Waals surface area (Å²) in [4.78, 5) is 28.6. The predicted octanol–water partition coefficient (Wildman–Crippen LogP) is 3.66. The molecule has 0 radical (unpaired) electrons. The van der Waals surface area contributed by atoms with Crippen LogP contribution in [-0.4, -0.2) is 54.4 Å². The summed E-state index contributed by atoms with van der Waals surface area (Å²) in [6, 6.07) is 14.8. The van der Waals surface area contributed by atoms with Crippen LogP contribution in [0.15, 0.2) is 48.5 Å². The van der Waals surface area contributed by atoms with E-state index in [-0.39, 0.29) is 11.8 Å². The number of nitrogens with zero attached hydrogens (tertiary/aromatic N) is 2. The molecule has 28 heavy (non-hydrogen) atoms. The summed E-state index contributed by atoms with van der Waals surface area (Å²) >= 11 is 5.84. The lowest BCUT2D eigenvalue weighted by Crippen LogP contribution is -2.50. The normalized spacial score (nSPS) is 14.1. The molecule has 0 bridgehead atoms. The lowest BCUT2D eigenvalue weighted by Gasteiger charge is -2.35. The highest BCUT2D eigenvalue weighted by molar-refractivity contribution is 6.30. The Morgan fingerprint density at radius 1 is 0.929 bits per heavy atom. The maximum atomic E-state index is 12.6. The number of carbonyl (C=O) groups excluding carboxylic acids is 2. The molecule has 0 spiro atoms. The molecule has 2 amide bonds. The molecule has 6 heteroatoms. The molecule has 1 aliphatic heterocycles. The maximum absolute atomic E-state index is 12.6. The second kappa shape index (κ2) is 9.60. The second-order valence-electron chi connectivity index (χ2n) is 6.78. The van der Waals surface area contributed by atoms with Crippen LogP contribution in [0.25, 0.3) is 0 Å². The molecule has 5 nitrogen and oxygen atoms in total. The van der Waals surface area contributed by atoms with Gasteiger partial charge in [0.25, 0.3) is 5.91 Å². The third-order valence-electron chi connectivity index (χ3n) is 4.93. The van der Waals surface area contributed by atoms with Gasteiger partial charge in [0.2, 0.25) is 5.91 Å². The molecule has 1 saturated heterocycles. The van der Waals surface area contributed by atoms with Gasteiger partial charge in [-0.2, -0.15) is 0 Å². The van der Waals surface area contributed by atoms with Crippen molar-refractivity contribution in [3.05, 3.63) is 64.7 Å². The number of amides is 2.